The quantitative estimate of drug-likeness (QED) is 0.787. The molecular formula is C12H20N2O5S. The van der Waals surface area contributed by atoms with Gasteiger partial charge in [0.2, 0.25) is 0 Å². The number of urea groups is 1. The molecule has 1 fully saturated rings. The van der Waals surface area contributed by atoms with Crippen LogP contribution in [0.1, 0.15) is 20.3 Å². The number of carboxylic acids is 1. The first kappa shape index (κ1) is 16.8. The Kier molecular flexibility index (Phi) is 6.28. The third-order valence-electron chi connectivity index (χ3n) is 2.83. The zero-order chi connectivity index (χ0) is 15.2. The van der Waals surface area contributed by atoms with Gasteiger partial charge in [0.15, 0.2) is 0 Å². The van der Waals surface area contributed by atoms with Gasteiger partial charge in [0.25, 0.3) is 5.91 Å². The van der Waals surface area contributed by atoms with Crippen molar-refractivity contribution >= 4 is 29.7 Å². The molecule has 0 spiro atoms. The fraction of sp³-hybridized carbons (Fsp3) is 0.750. The van der Waals surface area contributed by atoms with E-state index in [4.69, 9.17) is 5.11 Å². The minimum atomic E-state index is -1.16. The summed E-state index contributed by atoms with van der Waals surface area (Å²) in [4.78, 5) is 35.1. The number of carbonyl (C=O) groups excluding carboxylic acids is 2. The van der Waals surface area contributed by atoms with Gasteiger partial charge < -0.3 is 14.7 Å². The summed E-state index contributed by atoms with van der Waals surface area (Å²) in [6, 6.07) is -0.452. The second-order valence-corrected chi connectivity index (χ2v) is 6.89. The van der Waals surface area contributed by atoms with E-state index in [0.717, 1.165) is 12.2 Å². The van der Waals surface area contributed by atoms with Crippen LogP contribution in [0, 0.1) is 0 Å². The molecular weight excluding hydrogens is 284 g/mol. The Balaban J connectivity index is 2.34. The minimum absolute atomic E-state index is 0.129. The molecule has 1 saturated heterocycles. The first-order valence-electron chi connectivity index (χ1n) is 6.32. The molecule has 0 atom stereocenters. The van der Waals surface area contributed by atoms with Crippen molar-refractivity contribution in [3.63, 3.8) is 0 Å². The van der Waals surface area contributed by atoms with Gasteiger partial charge in [-0.1, -0.05) is 13.8 Å². The van der Waals surface area contributed by atoms with Crippen LogP contribution in [0.2, 0.25) is 0 Å². The van der Waals surface area contributed by atoms with Gasteiger partial charge in [-0.3, -0.25) is 10.1 Å². The summed E-state index contributed by atoms with van der Waals surface area (Å²) in [6.45, 7) is 4.44. The van der Waals surface area contributed by atoms with E-state index < -0.39 is 31.1 Å². The Hall–Kier alpha value is -1.28. The predicted molar refractivity (Wildman–Crippen MR) is 74.7 cm³/mol. The molecule has 8 heteroatoms. The summed E-state index contributed by atoms with van der Waals surface area (Å²) >= 11 is 1.80. The number of rotatable bonds is 4. The van der Waals surface area contributed by atoms with Crippen molar-refractivity contribution in [2.45, 2.75) is 25.0 Å². The van der Waals surface area contributed by atoms with Crippen molar-refractivity contribution < 1.29 is 24.2 Å². The van der Waals surface area contributed by atoms with Crippen LogP contribution in [-0.2, 0) is 14.3 Å². The van der Waals surface area contributed by atoms with Crippen LogP contribution in [0.25, 0.3) is 0 Å². The van der Waals surface area contributed by atoms with Crippen LogP contribution in [0.5, 0.6) is 0 Å². The lowest BCUT2D eigenvalue weighted by Gasteiger charge is -2.22. The maximum absolute atomic E-state index is 11.9. The van der Waals surface area contributed by atoms with E-state index in [0.29, 0.717) is 13.1 Å². The van der Waals surface area contributed by atoms with E-state index >= 15 is 0 Å². The average molecular weight is 304 g/mol. The van der Waals surface area contributed by atoms with E-state index in [2.05, 4.69) is 23.9 Å². The normalized spacial score (nSPS) is 18.2. The molecule has 114 valence electrons. The van der Waals surface area contributed by atoms with Crippen molar-refractivity contribution in [2.75, 3.05) is 32.1 Å². The highest BCUT2D eigenvalue weighted by Crippen LogP contribution is 2.30. The highest BCUT2D eigenvalue weighted by Gasteiger charge is 2.26. The molecule has 0 aliphatic carbocycles. The highest BCUT2D eigenvalue weighted by molar-refractivity contribution is 8.00. The van der Waals surface area contributed by atoms with Crippen LogP contribution in [0.3, 0.4) is 0 Å². The fourth-order valence-electron chi connectivity index (χ4n) is 1.69. The van der Waals surface area contributed by atoms with E-state index in [9.17, 15) is 14.4 Å². The summed E-state index contributed by atoms with van der Waals surface area (Å²) in [7, 11) is 0. The maximum atomic E-state index is 11.9. The van der Waals surface area contributed by atoms with Gasteiger partial charge in [-0.05, 0) is 6.42 Å². The zero-order valence-electron chi connectivity index (χ0n) is 11.7. The van der Waals surface area contributed by atoms with Crippen molar-refractivity contribution in [1.82, 2.24) is 10.2 Å². The number of hydrogen-bond donors (Lipinski definition) is 2. The summed E-state index contributed by atoms with van der Waals surface area (Å²) in [5, 5.41) is 10.6. The van der Waals surface area contributed by atoms with Gasteiger partial charge in [0, 0.05) is 23.6 Å². The molecule has 0 aromatic carbocycles. The smallest absolute Gasteiger partial charge is 0.329 e. The Labute approximate surface area is 122 Å². The average Bonchev–Trinajstić information content (AvgIpc) is 2.49. The lowest BCUT2D eigenvalue weighted by molar-refractivity contribution is -0.143. The van der Waals surface area contributed by atoms with Crippen molar-refractivity contribution in [3.05, 3.63) is 0 Å². The monoisotopic (exact) mass is 304 g/mol. The van der Waals surface area contributed by atoms with E-state index in [1.165, 1.54) is 0 Å². The molecule has 20 heavy (non-hydrogen) atoms. The fourth-order valence-corrected chi connectivity index (χ4v) is 2.79. The SMILES string of the molecule is CC1(C)CCN(C(=O)NC(=O)COCC(=O)O)CCS1. The Morgan fingerprint density at radius 3 is 2.65 bits per heavy atom. The number of nitrogens with one attached hydrogen (secondary N) is 1. The highest BCUT2D eigenvalue weighted by atomic mass is 32.2. The third kappa shape index (κ3) is 6.25. The Bertz CT molecular complexity index is 386. The van der Waals surface area contributed by atoms with Crippen LogP contribution < -0.4 is 5.32 Å². The van der Waals surface area contributed by atoms with Crippen LogP contribution in [0.4, 0.5) is 4.79 Å². The van der Waals surface area contributed by atoms with Crippen LogP contribution in [-0.4, -0.2) is 64.7 Å². The lowest BCUT2D eigenvalue weighted by Crippen LogP contribution is -2.45. The summed E-state index contributed by atoms with van der Waals surface area (Å²) in [5.74, 6) is -0.965. The molecule has 2 N–H and O–H groups in total. The first-order valence-corrected chi connectivity index (χ1v) is 7.31. The molecule has 1 aliphatic rings. The first-order chi connectivity index (χ1) is 9.30. The number of nitrogens with zero attached hydrogens (tertiary/aromatic N) is 1. The molecule has 0 aromatic rings. The van der Waals surface area contributed by atoms with E-state index in [1.54, 1.807) is 16.7 Å². The van der Waals surface area contributed by atoms with Gasteiger partial charge in [-0.2, -0.15) is 11.8 Å². The molecule has 3 amide bonds. The number of carbonyl (C=O) groups is 3. The van der Waals surface area contributed by atoms with Gasteiger partial charge in [0.05, 0.1) is 0 Å². The molecule has 0 radical (unpaired) electrons. The standard InChI is InChI=1S/C12H20N2O5S/c1-12(2)3-4-14(5-6-20-12)11(18)13-9(15)7-19-8-10(16)17/h3-8H2,1-2H3,(H,16,17)(H,13,15,18). The van der Waals surface area contributed by atoms with Gasteiger partial charge in [-0.15, -0.1) is 0 Å². The second-order valence-electron chi connectivity index (χ2n) is 5.09. The van der Waals surface area contributed by atoms with Crippen molar-refractivity contribution in [2.24, 2.45) is 0 Å². The van der Waals surface area contributed by atoms with Gasteiger partial charge in [0.1, 0.15) is 13.2 Å². The number of carboxylic acid groups (broad SMARTS) is 1. The second kappa shape index (κ2) is 7.49. The molecule has 1 aliphatic heterocycles. The zero-order valence-corrected chi connectivity index (χ0v) is 12.5. The largest absolute Gasteiger partial charge is 0.480 e. The molecule has 1 heterocycles. The Morgan fingerprint density at radius 2 is 2.00 bits per heavy atom. The van der Waals surface area contributed by atoms with Crippen LogP contribution >= 0.6 is 11.8 Å². The predicted octanol–water partition coefficient (Wildman–Crippen LogP) is 0.541. The van der Waals surface area contributed by atoms with Crippen LogP contribution in [0.15, 0.2) is 0 Å². The van der Waals surface area contributed by atoms with Gasteiger partial charge in [-0.25, -0.2) is 9.59 Å². The van der Waals surface area contributed by atoms with E-state index in [1.807, 2.05) is 0 Å². The summed E-state index contributed by atoms with van der Waals surface area (Å²) in [6.07, 6.45) is 0.856. The molecule has 0 bridgehead atoms. The number of amides is 3. The lowest BCUT2D eigenvalue weighted by atomic mass is 10.1. The number of aliphatic carboxylic acids is 1. The minimum Gasteiger partial charge on any atom is -0.480 e. The van der Waals surface area contributed by atoms with Gasteiger partial charge >= 0.3 is 12.0 Å². The van der Waals surface area contributed by atoms with E-state index in [-0.39, 0.29) is 4.75 Å². The number of imide groups is 1. The Morgan fingerprint density at radius 1 is 1.30 bits per heavy atom. The molecule has 0 aromatic heterocycles. The van der Waals surface area contributed by atoms with Crippen molar-refractivity contribution in [3.8, 4) is 0 Å². The topological polar surface area (TPSA) is 95.9 Å². The number of hydrogen-bond acceptors (Lipinski definition) is 5. The molecule has 7 nitrogen and oxygen atoms in total. The molecule has 0 saturated carbocycles. The third-order valence-corrected chi connectivity index (χ3v) is 4.20. The summed E-state index contributed by atoms with van der Waals surface area (Å²) in [5.41, 5.74) is 0. The maximum Gasteiger partial charge on any atom is 0.329 e. The molecule has 0 unspecified atom stereocenters. The number of thioether (sulfide) groups is 1. The van der Waals surface area contributed by atoms with Crippen molar-refractivity contribution in [1.29, 1.82) is 0 Å². The summed E-state index contributed by atoms with van der Waals surface area (Å²) < 4.78 is 4.75. The molecule has 1 rings (SSSR count). The number of ether oxygens (including phenoxy) is 1.